The van der Waals surface area contributed by atoms with E-state index in [9.17, 15) is 13.2 Å². The van der Waals surface area contributed by atoms with Gasteiger partial charge in [0, 0.05) is 25.9 Å². The first kappa shape index (κ1) is 21.7. The van der Waals surface area contributed by atoms with E-state index >= 15 is 0 Å². The van der Waals surface area contributed by atoms with Crippen LogP contribution in [0.2, 0.25) is 0 Å². The van der Waals surface area contributed by atoms with E-state index in [1.165, 1.54) is 6.92 Å². The molecule has 0 bridgehead atoms. The van der Waals surface area contributed by atoms with Crippen LogP contribution in [0.15, 0.2) is 48.5 Å². The Morgan fingerprint density at radius 1 is 1.14 bits per heavy atom. The maximum atomic E-state index is 12.8. The zero-order valence-electron chi connectivity index (χ0n) is 16.3. The summed E-state index contributed by atoms with van der Waals surface area (Å²) in [4.78, 5) is 14.4. The lowest BCUT2D eigenvalue weighted by Crippen LogP contribution is -2.37. The molecule has 0 spiro atoms. The van der Waals surface area contributed by atoms with Crippen molar-refractivity contribution in [2.45, 2.75) is 20.4 Å². The fourth-order valence-electron chi connectivity index (χ4n) is 2.48. The molecule has 2 rings (SSSR count). The quantitative estimate of drug-likeness (QED) is 0.645. The van der Waals surface area contributed by atoms with Gasteiger partial charge in [-0.3, -0.25) is 0 Å². The predicted octanol–water partition coefficient (Wildman–Crippen LogP) is 3.40. The van der Waals surface area contributed by atoms with Crippen molar-refractivity contribution in [1.82, 2.24) is 4.90 Å². The molecule has 2 aromatic rings. The second-order valence-corrected chi connectivity index (χ2v) is 8.10. The number of rotatable bonds is 9. The zero-order chi connectivity index (χ0) is 20.6. The Morgan fingerprint density at radius 2 is 1.89 bits per heavy atom. The van der Waals surface area contributed by atoms with Crippen molar-refractivity contribution in [1.29, 1.82) is 0 Å². The normalized spacial score (nSPS) is 11.1. The molecule has 0 fully saturated rings. The van der Waals surface area contributed by atoms with Crippen LogP contribution in [0.3, 0.4) is 0 Å². The van der Waals surface area contributed by atoms with Crippen molar-refractivity contribution in [3.63, 3.8) is 0 Å². The maximum Gasteiger partial charge on any atom is 0.322 e. The van der Waals surface area contributed by atoms with Gasteiger partial charge in [-0.2, -0.15) is 8.42 Å². The molecule has 0 aliphatic rings. The van der Waals surface area contributed by atoms with Crippen LogP contribution >= 0.6 is 0 Å². The summed E-state index contributed by atoms with van der Waals surface area (Å²) in [5.41, 5.74) is 2.45. The van der Waals surface area contributed by atoms with Gasteiger partial charge in [-0.25, -0.2) is 4.79 Å². The molecule has 7 nitrogen and oxygen atoms in total. The Kier molecular flexibility index (Phi) is 7.83. The highest BCUT2D eigenvalue weighted by Gasteiger charge is 2.16. The third-order valence-electron chi connectivity index (χ3n) is 4.09. The number of hydrogen-bond acceptors (Lipinski definition) is 5. The minimum absolute atomic E-state index is 0.115. The number of anilines is 1. The van der Waals surface area contributed by atoms with Crippen LogP contribution in [-0.2, 0) is 21.4 Å². The second kappa shape index (κ2) is 10.1. The molecule has 28 heavy (non-hydrogen) atoms. The monoisotopic (exact) mass is 406 g/mol. The molecule has 0 unspecified atom stereocenters. The van der Waals surface area contributed by atoms with E-state index in [0.29, 0.717) is 13.2 Å². The molecule has 0 aromatic heterocycles. The topological polar surface area (TPSA) is 84.9 Å². The maximum absolute atomic E-state index is 12.8. The standard InChI is InChI=1S/C20H26N2O5S/c1-4-28(24,25)27-18-10-7-9-17(14-18)15-22(12-13-26-3)20(23)21-19-11-6-5-8-16(19)2/h5-11,14H,4,12-13,15H2,1-3H3,(H,21,23). The molecule has 8 heteroatoms. The number of para-hydroxylation sites is 1. The summed E-state index contributed by atoms with van der Waals surface area (Å²) in [5.74, 6) is 0.112. The Bertz CT molecular complexity index is 899. The largest absolute Gasteiger partial charge is 0.383 e. The van der Waals surface area contributed by atoms with E-state index in [2.05, 4.69) is 5.32 Å². The molecular weight excluding hydrogens is 380 g/mol. The SMILES string of the molecule is CCS(=O)(=O)Oc1cccc(CN(CCOC)C(=O)Nc2ccccc2C)c1. The van der Waals surface area contributed by atoms with E-state index in [4.69, 9.17) is 8.92 Å². The summed E-state index contributed by atoms with van der Waals surface area (Å²) in [6.45, 7) is 4.48. The molecule has 0 radical (unpaired) electrons. The number of carbonyl (C=O) groups excluding carboxylic acids is 1. The summed E-state index contributed by atoms with van der Waals surface area (Å²) in [5, 5.41) is 2.91. The average molecular weight is 407 g/mol. The fourth-order valence-corrected chi connectivity index (χ4v) is 3.00. The molecule has 2 amide bonds. The fraction of sp³-hybridized carbons (Fsp3) is 0.350. The van der Waals surface area contributed by atoms with E-state index < -0.39 is 10.1 Å². The third-order valence-corrected chi connectivity index (χ3v) is 5.24. The lowest BCUT2D eigenvalue weighted by Gasteiger charge is -2.23. The number of urea groups is 1. The molecule has 1 N–H and O–H groups in total. The van der Waals surface area contributed by atoms with E-state index in [1.807, 2.05) is 37.3 Å². The van der Waals surface area contributed by atoms with Crippen LogP contribution in [0, 0.1) is 6.92 Å². The minimum atomic E-state index is -3.61. The van der Waals surface area contributed by atoms with E-state index in [-0.39, 0.29) is 24.1 Å². The lowest BCUT2D eigenvalue weighted by atomic mass is 10.2. The smallest absolute Gasteiger partial charge is 0.322 e. The second-order valence-electron chi connectivity index (χ2n) is 6.24. The van der Waals surface area contributed by atoms with Crippen molar-refractivity contribution in [3.05, 3.63) is 59.7 Å². The summed E-state index contributed by atoms with van der Waals surface area (Å²) in [7, 11) is -2.04. The Morgan fingerprint density at radius 3 is 2.57 bits per heavy atom. The van der Waals surface area contributed by atoms with Gasteiger partial charge in [0.15, 0.2) is 0 Å². The van der Waals surface area contributed by atoms with Crippen LogP contribution in [0.1, 0.15) is 18.1 Å². The predicted molar refractivity (Wildman–Crippen MR) is 109 cm³/mol. The average Bonchev–Trinajstić information content (AvgIpc) is 2.67. The van der Waals surface area contributed by atoms with Crippen LogP contribution < -0.4 is 9.50 Å². The number of methoxy groups -OCH3 is 1. The number of nitrogens with zero attached hydrogens (tertiary/aromatic N) is 1. The van der Waals surface area contributed by atoms with Gasteiger partial charge < -0.3 is 19.1 Å². The van der Waals surface area contributed by atoms with Crippen LogP contribution in [0.5, 0.6) is 5.75 Å². The van der Waals surface area contributed by atoms with Gasteiger partial charge in [0.05, 0.1) is 12.4 Å². The number of amides is 2. The highest BCUT2D eigenvalue weighted by molar-refractivity contribution is 7.87. The van der Waals surface area contributed by atoms with Gasteiger partial charge in [-0.15, -0.1) is 0 Å². The molecule has 152 valence electrons. The van der Waals surface area contributed by atoms with Crippen molar-refractivity contribution >= 4 is 21.8 Å². The first-order valence-electron chi connectivity index (χ1n) is 8.96. The lowest BCUT2D eigenvalue weighted by molar-refractivity contribution is 0.153. The summed E-state index contributed by atoms with van der Waals surface area (Å²) in [6, 6.07) is 14.0. The van der Waals surface area contributed by atoms with Crippen LogP contribution in [0.4, 0.5) is 10.5 Å². The number of benzene rings is 2. The van der Waals surface area contributed by atoms with Crippen molar-refractivity contribution in [2.24, 2.45) is 0 Å². The highest BCUT2D eigenvalue weighted by Crippen LogP contribution is 2.18. The summed E-state index contributed by atoms with van der Waals surface area (Å²) in [6.07, 6.45) is 0. The van der Waals surface area contributed by atoms with Gasteiger partial charge >= 0.3 is 16.1 Å². The molecular formula is C20H26N2O5S. The molecule has 0 saturated heterocycles. The Balaban J connectivity index is 2.15. The van der Waals surface area contributed by atoms with Crippen molar-refractivity contribution in [3.8, 4) is 5.75 Å². The number of aryl methyl sites for hydroxylation is 1. The number of ether oxygens (including phenoxy) is 1. The van der Waals surface area contributed by atoms with Crippen molar-refractivity contribution in [2.75, 3.05) is 31.3 Å². The van der Waals surface area contributed by atoms with Crippen molar-refractivity contribution < 1.29 is 22.1 Å². The van der Waals surface area contributed by atoms with Gasteiger partial charge in [-0.05, 0) is 43.2 Å². The zero-order valence-corrected chi connectivity index (χ0v) is 17.2. The molecule has 2 aromatic carbocycles. The van der Waals surface area contributed by atoms with Gasteiger partial charge in [0.1, 0.15) is 5.75 Å². The van der Waals surface area contributed by atoms with Gasteiger partial charge in [0.25, 0.3) is 0 Å². The Labute approximate surface area is 166 Å². The highest BCUT2D eigenvalue weighted by atomic mass is 32.2. The first-order chi connectivity index (χ1) is 13.3. The summed E-state index contributed by atoms with van der Waals surface area (Å²) < 4.78 is 33.5. The number of carbonyl (C=O) groups is 1. The van der Waals surface area contributed by atoms with E-state index in [1.54, 1.807) is 30.2 Å². The van der Waals surface area contributed by atoms with E-state index in [0.717, 1.165) is 16.8 Å². The summed E-state index contributed by atoms with van der Waals surface area (Å²) >= 11 is 0. The molecule has 0 heterocycles. The molecule has 0 atom stereocenters. The van der Waals surface area contributed by atoms with Crippen LogP contribution in [0.25, 0.3) is 0 Å². The number of hydrogen-bond donors (Lipinski definition) is 1. The third kappa shape index (κ3) is 6.54. The first-order valence-corrected chi connectivity index (χ1v) is 10.5. The minimum Gasteiger partial charge on any atom is -0.383 e. The molecule has 0 saturated carbocycles. The van der Waals surface area contributed by atoms with Gasteiger partial charge in [-0.1, -0.05) is 30.3 Å². The molecule has 0 aliphatic heterocycles. The number of nitrogens with one attached hydrogen (secondary N) is 1. The molecule has 0 aliphatic carbocycles. The Hall–Kier alpha value is -2.58. The van der Waals surface area contributed by atoms with Crippen LogP contribution in [-0.4, -0.2) is 45.4 Å². The van der Waals surface area contributed by atoms with Gasteiger partial charge in [0.2, 0.25) is 0 Å².